The van der Waals surface area contributed by atoms with Gasteiger partial charge in [0.05, 0.1) is 20.6 Å². The highest BCUT2D eigenvalue weighted by atomic mass is 16.6. The van der Waals surface area contributed by atoms with Gasteiger partial charge in [-0.1, -0.05) is 58.3 Å². The molecule has 0 bridgehead atoms. The number of hydrogen-bond donors (Lipinski definition) is 1. The molecule has 0 aromatic heterocycles. The third-order valence-electron chi connectivity index (χ3n) is 3.93. The zero-order valence-corrected chi connectivity index (χ0v) is 13.6. The van der Waals surface area contributed by atoms with Crippen LogP contribution in [0.5, 0.6) is 0 Å². The summed E-state index contributed by atoms with van der Waals surface area (Å²) in [5, 5.41) is 0. The van der Waals surface area contributed by atoms with E-state index >= 15 is 0 Å². The van der Waals surface area contributed by atoms with Crippen LogP contribution in [0.2, 0.25) is 0 Å². The van der Waals surface area contributed by atoms with Gasteiger partial charge in [0.15, 0.2) is 0 Å². The van der Waals surface area contributed by atoms with Gasteiger partial charge in [0.1, 0.15) is 13.2 Å². The fraction of sp³-hybridized carbons (Fsp3) is 1.00. The summed E-state index contributed by atoms with van der Waals surface area (Å²) in [6, 6.07) is 0. The Kier molecular flexibility index (Phi) is 12.8. The normalized spacial score (nSPS) is 12.0. The predicted molar refractivity (Wildman–Crippen MR) is 83.8 cm³/mol. The van der Waals surface area contributed by atoms with Gasteiger partial charge in [0.25, 0.3) is 0 Å². The van der Waals surface area contributed by atoms with Crippen LogP contribution in [0.25, 0.3) is 0 Å². The van der Waals surface area contributed by atoms with Crippen molar-refractivity contribution in [2.24, 2.45) is 5.90 Å². The minimum Gasteiger partial charge on any atom is -0.327 e. The molecule has 3 nitrogen and oxygen atoms in total. The van der Waals surface area contributed by atoms with Gasteiger partial charge in [0, 0.05) is 0 Å². The average Bonchev–Trinajstić information content (AvgIpc) is 2.38. The molecule has 2 N–H and O–H groups in total. The zero-order valence-electron chi connectivity index (χ0n) is 13.6. The molecule has 0 aliphatic heterocycles. The van der Waals surface area contributed by atoms with Crippen molar-refractivity contribution in [3.05, 3.63) is 0 Å². The molecule has 0 rings (SSSR count). The van der Waals surface area contributed by atoms with Crippen molar-refractivity contribution in [2.75, 3.05) is 33.8 Å². The van der Waals surface area contributed by atoms with Crippen LogP contribution < -0.4 is 5.90 Å². The summed E-state index contributed by atoms with van der Waals surface area (Å²) >= 11 is 0. The molecule has 0 atom stereocenters. The summed E-state index contributed by atoms with van der Waals surface area (Å²) in [5.41, 5.74) is 0. The standard InChI is InChI=1S/C16H37N2O/c1-4-5-6-7-8-9-10-11-12-13-14-18(2,3)15-16-19-17/h4-17H2,1-3H3/q+1. The van der Waals surface area contributed by atoms with E-state index in [-0.39, 0.29) is 0 Å². The maximum atomic E-state index is 5.08. The molecule has 0 spiro atoms. The molecule has 0 fully saturated rings. The lowest BCUT2D eigenvalue weighted by molar-refractivity contribution is -0.891. The highest BCUT2D eigenvalue weighted by Crippen LogP contribution is 2.11. The Morgan fingerprint density at radius 1 is 0.737 bits per heavy atom. The SMILES string of the molecule is CCCCCCCCCCCC[N+](C)(C)CCON. The summed E-state index contributed by atoms with van der Waals surface area (Å²) < 4.78 is 1.02. The first-order valence-electron chi connectivity index (χ1n) is 8.26. The summed E-state index contributed by atoms with van der Waals surface area (Å²) in [6.07, 6.45) is 14.0. The third-order valence-corrected chi connectivity index (χ3v) is 3.93. The second-order valence-corrected chi connectivity index (χ2v) is 6.44. The molecule has 0 heterocycles. The van der Waals surface area contributed by atoms with Crippen LogP contribution in [-0.2, 0) is 4.84 Å². The predicted octanol–water partition coefficient (Wildman–Crippen LogP) is 3.87. The highest BCUT2D eigenvalue weighted by Gasteiger charge is 2.13. The summed E-state index contributed by atoms with van der Waals surface area (Å²) in [5.74, 6) is 5.08. The van der Waals surface area contributed by atoms with E-state index in [1.807, 2.05) is 0 Å². The second-order valence-electron chi connectivity index (χ2n) is 6.44. The van der Waals surface area contributed by atoms with E-state index in [1.54, 1.807) is 0 Å². The van der Waals surface area contributed by atoms with E-state index in [0.717, 1.165) is 11.0 Å². The van der Waals surface area contributed by atoms with Crippen molar-refractivity contribution in [3.8, 4) is 0 Å². The van der Waals surface area contributed by atoms with Crippen LogP contribution in [0.15, 0.2) is 0 Å². The van der Waals surface area contributed by atoms with Crippen molar-refractivity contribution in [2.45, 2.75) is 71.1 Å². The Hall–Kier alpha value is -0.120. The first-order chi connectivity index (χ1) is 9.12. The van der Waals surface area contributed by atoms with E-state index in [2.05, 4.69) is 25.9 Å². The molecule has 19 heavy (non-hydrogen) atoms. The fourth-order valence-electron chi connectivity index (χ4n) is 2.44. The smallest absolute Gasteiger partial charge is 0.117 e. The minimum absolute atomic E-state index is 0.658. The topological polar surface area (TPSA) is 35.2 Å². The maximum absolute atomic E-state index is 5.08. The van der Waals surface area contributed by atoms with E-state index < -0.39 is 0 Å². The van der Waals surface area contributed by atoms with Crippen LogP contribution in [0.3, 0.4) is 0 Å². The van der Waals surface area contributed by atoms with Gasteiger partial charge in [-0.25, -0.2) is 5.90 Å². The number of rotatable bonds is 14. The van der Waals surface area contributed by atoms with Gasteiger partial charge in [-0.05, 0) is 12.8 Å². The number of unbranched alkanes of at least 4 members (excludes halogenated alkanes) is 9. The van der Waals surface area contributed by atoms with E-state index in [9.17, 15) is 0 Å². The molecule has 0 saturated heterocycles. The number of nitrogens with zero attached hydrogens (tertiary/aromatic N) is 1. The van der Waals surface area contributed by atoms with Gasteiger partial charge < -0.3 is 4.48 Å². The molecule has 116 valence electrons. The molecule has 0 aliphatic rings. The lowest BCUT2D eigenvalue weighted by Gasteiger charge is -2.29. The second kappa shape index (κ2) is 12.9. The molecule has 0 unspecified atom stereocenters. The minimum atomic E-state index is 0.658. The van der Waals surface area contributed by atoms with Gasteiger partial charge in [-0.15, -0.1) is 0 Å². The van der Waals surface area contributed by atoms with E-state index in [0.29, 0.717) is 6.61 Å². The Morgan fingerprint density at radius 3 is 1.68 bits per heavy atom. The maximum Gasteiger partial charge on any atom is 0.117 e. The average molecular weight is 273 g/mol. The lowest BCUT2D eigenvalue weighted by Crippen LogP contribution is -2.43. The largest absolute Gasteiger partial charge is 0.327 e. The number of nitrogens with two attached hydrogens (primary N) is 1. The number of quaternary nitrogens is 1. The van der Waals surface area contributed by atoms with Crippen molar-refractivity contribution in [1.82, 2.24) is 0 Å². The molecule has 0 aliphatic carbocycles. The highest BCUT2D eigenvalue weighted by molar-refractivity contribution is 4.47. The molecule has 0 saturated carbocycles. The Labute approximate surface area is 121 Å². The molecule has 0 aromatic rings. The van der Waals surface area contributed by atoms with Gasteiger partial charge in [0.2, 0.25) is 0 Å². The van der Waals surface area contributed by atoms with E-state index in [4.69, 9.17) is 5.90 Å². The monoisotopic (exact) mass is 273 g/mol. The van der Waals surface area contributed by atoms with Crippen molar-refractivity contribution >= 4 is 0 Å². The van der Waals surface area contributed by atoms with Crippen molar-refractivity contribution in [1.29, 1.82) is 0 Å². The Balaban J connectivity index is 3.21. The van der Waals surface area contributed by atoms with Crippen LogP contribution in [-0.4, -0.2) is 38.3 Å². The number of hydrogen-bond acceptors (Lipinski definition) is 2. The molecule has 0 radical (unpaired) electrons. The number of likely N-dealkylation sites (N-methyl/N-ethyl adjacent to an activating group) is 1. The van der Waals surface area contributed by atoms with Crippen molar-refractivity contribution < 1.29 is 9.32 Å². The third kappa shape index (κ3) is 14.1. The first-order valence-corrected chi connectivity index (χ1v) is 8.26. The van der Waals surface area contributed by atoms with Gasteiger partial charge in [-0.3, -0.25) is 4.84 Å². The summed E-state index contributed by atoms with van der Waals surface area (Å²) in [6.45, 7) is 5.18. The van der Waals surface area contributed by atoms with Crippen LogP contribution >= 0.6 is 0 Å². The van der Waals surface area contributed by atoms with E-state index in [1.165, 1.54) is 70.8 Å². The summed E-state index contributed by atoms with van der Waals surface area (Å²) in [4.78, 5) is 4.66. The molecular weight excluding hydrogens is 236 g/mol. The Morgan fingerprint density at radius 2 is 1.21 bits per heavy atom. The van der Waals surface area contributed by atoms with Gasteiger partial charge in [-0.2, -0.15) is 0 Å². The molecular formula is C16H37N2O+. The summed E-state index contributed by atoms with van der Waals surface area (Å²) in [7, 11) is 4.51. The van der Waals surface area contributed by atoms with Crippen LogP contribution in [0, 0.1) is 0 Å². The first kappa shape index (κ1) is 18.9. The quantitative estimate of drug-likeness (QED) is 0.296. The zero-order chi connectivity index (χ0) is 14.4. The molecule has 0 aromatic carbocycles. The Bertz CT molecular complexity index is 184. The van der Waals surface area contributed by atoms with Gasteiger partial charge >= 0.3 is 0 Å². The molecule has 3 heteroatoms. The van der Waals surface area contributed by atoms with Crippen molar-refractivity contribution in [3.63, 3.8) is 0 Å². The van der Waals surface area contributed by atoms with Crippen LogP contribution in [0.4, 0.5) is 0 Å². The van der Waals surface area contributed by atoms with Crippen LogP contribution in [0.1, 0.15) is 71.1 Å². The fourth-order valence-corrected chi connectivity index (χ4v) is 2.44. The lowest BCUT2D eigenvalue weighted by atomic mass is 10.1. The molecule has 0 amide bonds.